The van der Waals surface area contributed by atoms with Crippen molar-refractivity contribution in [1.82, 2.24) is 19.8 Å². The summed E-state index contributed by atoms with van der Waals surface area (Å²) in [4.78, 5) is 34.1. The van der Waals surface area contributed by atoms with Crippen LogP contribution in [0.15, 0.2) is 48.5 Å². The SMILES string of the molecule is C[C@@H]1[C@H](C)CCC[C@@H]1NC(=O)[C@@]1(C)Cn2c(nc3ccccc32)C(=O)N1Cc1ccccc1Cl. The average Bonchev–Trinajstić information content (AvgIpc) is 3.19. The smallest absolute Gasteiger partial charge is 0.291 e. The van der Waals surface area contributed by atoms with Gasteiger partial charge in [0.15, 0.2) is 5.82 Å². The van der Waals surface area contributed by atoms with Gasteiger partial charge in [-0.2, -0.15) is 0 Å². The minimum Gasteiger partial charge on any atom is -0.351 e. The van der Waals surface area contributed by atoms with Gasteiger partial charge in [0, 0.05) is 17.6 Å². The number of halogens is 1. The van der Waals surface area contributed by atoms with Gasteiger partial charge in [0.25, 0.3) is 5.91 Å². The molecule has 0 radical (unpaired) electrons. The highest BCUT2D eigenvalue weighted by Gasteiger charge is 2.49. The monoisotopic (exact) mass is 478 g/mol. The van der Waals surface area contributed by atoms with Gasteiger partial charge in [0.05, 0.1) is 17.6 Å². The highest BCUT2D eigenvalue weighted by atomic mass is 35.5. The fourth-order valence-electron chi connectivity index (χ4n) is 5.48. The van der Waals surface area contributed by atoms with Crippen LogP contribution in [0.5, 0.6) is 0 Å². The number of imidazole rings is 1. The van der Waals surface area contributed by atoms with E-state index in [9.17, 15) is 9.59 Å². The zero-order valence-corrected chi connectivity index (χ0v) is 20.7. The lowest BCUT2D eigenvalue weighted by Crippen LogP contribution is -2.65. The first kappa shape index (κ1) is 22.9. The van der Waals surface area contributed by atoms with Crippen molar-refractivity contribution in [3.05, 3.63) is 64.9 Å². The number of hydrogen-bond donors (Lipinski definition) is 1. The number of carbonyl (C=O) groups excluding carboxylic acids is 2. The van der Waals surface area contributed by atoms with Gasteiger partial charge in [-0.05, 0) is 48.9 Å². The molecule has 2 amide bonds. The quantitative estimate of drug-likeness (QED) is 0.570. The van der Waals surface area contributed by atoms with Gasteiger partial charge in [0.2, 0.25) is 5.91 Å². The van der Waals surface area contributed by atoms with Crippen molar-refractivity contribution < 1.29 is 9.59 Å². The van der Waals surface area contributed by atoms with E-state index >= 15 is 0 Å². The Balaban J connectivity index is 1.55. The van der Waals surface area contributed by atoms with E-state index in [1.54, 1.807) is 4.90 Å². The Kier molecular flexibility index (Phi) is 5.88. The van der Waals surface area contributed by atoms with Crippen LogP contribution in [0.2, 0.25) is 5.02 Å². The predicted octanol–water partition coefficient (Wildman–Crippen LogP) is 5.05. The Hall–Kier alpha value is -2.86. The molecule has 1 saturated carbocycles. The van der Waals surface area contributed by atoms with Crippen LogP contribution in [0.3, 0.4) is 0 Å². The molecule has 2 aliphatic rings. The molecule has 7 heteroatoms. The summed E-state index contributed by atoms with van der Waals surface area (Å²) in [6.45, 7) is 6.91. The van der Waals surface area contributed by atoms with Gasteiger partial charge < -0.3 is 14.8 Å². The van der Waals surface area contributed by atoms with E-state index in [0.717, 1.165) is 29.4 Å². The van der Waals surface area contributed by atoms with Crippen molar-refractivity contribution in [2.45, 2.75) is 64.7 Å². The summed E-state index contributed by atoms with van der Waals surface area (Å²) < 4.78 is 1.90. The van der Waals surface area contributed by atoms with E-state index in [1.807, 2.05) is 60.0 Å². The van der Waals surface area contributed by atoms with Gasteiger partial charge in [-0.15, -0.1) is 0 Å². The maximum Gasteiger partial charge on any atom is 0.291 e. The number of benzene rings is 2. The Morgan fingerprint density at radius 3 is 2.68 bits per heavy atom. The van der Waals surface area contributed by atoms with Crippen molar-refractivity contribution in [2.24, 2.45) is 11.8 Å². The predicted molar refractivity (Wildman–Crippen MR) is 134 cm³/mol. The topological polar surface area (TPSA) is 67.2 Å². The minimum absolute atomic E-state index is 0.103. The molecule has 0 unspecified atom stereocenters. The second kappa shape index (κ2) is 8.73. The van der Waals surface area contributed by atoms with Crippen LogP contribution in [0.25, 0.3) is 11.0 Å². The summed E-state index contributed by atoms with van der Waals surface area (Å²) in [6, 6.07) is 15.3. The second-order valence-electron chi connectivity index (χ2n) is 10.1. The number of rotatable bonds is 4. The fraction of sp³-hybridized carbons (Fsp3) is 0.444. The van der Waals surface area contributed by atoms with Crippen molar-refractivity contribution in [1.29, 1.82) is 0 Å². The van der Waals surface area contributed by atoms with Gasteiger partial charge >= 0.3 is 0 Å². The van der Waals surface area contributed by atoms with Crippen LogP contribution < -0.4 is 5.32 Å². The summed E-state index contributed by atoms with van der Waals surface area (Å²) in [6.07, 6.45) is 3.25. The zero-order chi connectivity index (χ0) is 24.0. The molecule has 178 valence electrons. The molecule has 6 nitrogen and oxygen atoms in total. The molecule has 3 aromatic rings. The molecular weight excluding hydrogens is 448 g/mol. The van der Waals surface area contributed by atoms with E-state index in [0.29, 0.717) is 29.2 Å². The van der Waals surface area contributed by atoms with E-state index in [1.165, 1.54) is 6.42 Å². The van der Waals surface area contributed by atoms with E-state index in [2.05, 4.69) is 24.1 Å². The highest BCUT2D eigenvalue weighted by Crippen LogP contribution is 2.35. The van der Waals surface area contributed by atoms with Crippen molar-refractivity contribution >= 4 is 34.4 Å². The first-order chi connectivity index (χ1) is 16.3. The summed E-state index contributed by atoms with van der Waals surface area (Å²) >= 11 is 6.46. The van der Waals surface area contributed by atoms with Crippen molar-refractivity contribution in [3.63, 3.8) is 0 Å². The standard InChI is InChI=1S/C27H31ClN4O2/c1-17-9-8-13-21(18(17)2)30-26(34)27(3)16-31-23-14-7-6-12-22(23)29-24(31)25(33)32(27)15-19-10-4-5-11-20(19)28/h4-7,10-12,14,17-18,21H,8-9,13,15-16H2,1-3H3,(H,30,34)/t17-,18-,21+,27-/m1/s1. The van der Waals surface area contributed by atoms with Crippen LogP contribution in [0, 0.1) is 11.8 Å². The summed E-state index contributed by atoms with van der Waals surface area (Å²) in [7, 11) is 0. The van der Waals surface area contributed by atoms with Gasteiger partial charge in [-0.25, -0.2) is 4.98 Å². The van der Waals surface area contributed by atoms with Gasteiger partial charge in [0.1, 0.15) is 5.54 Å². The van der Waals surface area contributed by atoms with Crippen molar-refractivity contribution in [2.75, 3.05) is 0 Å². The van der Waals surface area contributed by atoms with Crippen LogP contribution in [0.4, 0.5) is 0 Å². The second-order valence-corrected chi connectivity index (χ2v) is 10.5. The number of nitrogens with one attached hydrogen (secondary N) is 1. The van der Waals surface area contributed by atoms with Crippen LogP contribution in [-0.2, 0) is 17.9 Å². The number of para-hydroxylation sites is 2. The number of carbonyl (C=O) groups is 2. The van der Waals surface area contributed by atoms with E-state index in [-0.39, 0.29) is 24.4 Å². The lowest BCUT2D eigenvalue weighted by molar-refractivity contribution is -0.134. The van der Waals surface area contributed by atoms with Crippen LogP contribution >= 0.6 is 11.6 Å². The molecular formula is C27H31ClN4O2. The van der Waals surface area contributed by atoms with E-state index < -0.39 is 5.54 Å². The molecule has 4 atom stereocenters. The molecule has 1 aliphatic carbocycles. The Morgan fingerprint density at radius 1 is 1.15 bits per heavy atom. The molecule has 2 aromatic carbocycles. The lowest BCUT2D eigenvalue weighted by Gasteiger charge is -2.45. The van der Waals surface area contributed by atoms with Crippen LogP contribution in [-0.4, -0.2) is 37.8 Å². The maximum absolute atomic E-state index is 14.0. The van der Waals surface area contributed by atoms with Gasteiger partial charge in [-0.1, -0.05) is 68.6 Å². The normalized spacial score (nSPS) is 27.0. The van der Waals surface area contributed by atoms with E-state index in [4.69, 9.17) is 11.6 Å². The molecule has 2 heterocycles. The Bertz CT molecular complexity index is 1250. The first-order valence-electron chi connectivity index (χ1n) is 12.1. The van der Waals surface area contributed by atoms with Crippen molar-refractivity contribution in [3.8, 4) is 0 Å². The molecule has 1 aromatic heterocycles. The zero-order valence-electron chi connectivity index (χ0n) is 19.9. The number of hydrogen-bond acceptors (Lipinski definition) is 3. The third-order valence-electron chi connectivity index (χ3n) is 7.95. The molecule has 0 saturated heterocycles. The molecule has 0 bridgehead atoms. The summed E-state index contributed by atoms with van der Waals surface area (Å²) in [5.74, 6) is 0.927. The summed E-state index contributed by atoms with van der Waals surface area (Å²) in [5.41, 5.74) is 1.33. The third-order valence-corrected chi connectivity index (χ3v) is 8.32. The average molecular weight is 479 g/mol. The Labute approximate surface area is 205 Å². The number of fused-ring (bicyclic) bond motifs is 3. The van der Waals surface area contributed by atoms with Crippen LogP contribution in [0.1, 0.15) is 56.2 Å². The number of amides is 2. The Morgan fingerprint density at radius 2 is 1.88 bits per heavy atom. The van der Waals surface area contributed by atoms with Gasteiger partial charge in [-0.3, -0.25) is 9.59 Å². The molecule has 1 N–H and O–H groups in total. The molecule has 1 fully saturated rings. The minimum atomic E-state index is -1.09. The first-order valence-corrected chi connectivity index (χ1v) is 12.5. The molecule has 34 heavy (non-hydrogen) atoms. The molecule has 5 rings (SSSR count). The number of aromatic nitrogens is 2. The summed E-state index contributed by atoms with van der Waals surface area (Å²) in [5, 5.41) is 3.91. The highest BCUT2D eigenvalue weighted by molar-refractivity contribution is 6.31. The lowest BCUT2D eigenvalue weighted by atomic mass is 9.77. The third kappa shape index (κ3) is 3.78. The molecule has 1 aliphatic heterocycles. The maximum atomic E-state index is 14.0. The molecule has 0 spiro atoms. The fourth-order valence-corrected chi connectivity index (χ4v) is 5.68. The number of nitrogens with zero attached hydrogens (tertiary/aromatic N) is 3. The largest absolute Gasteiger partial charge is 0.351 e.